The molecule has 0 aliphatic carbocycles. The number of nitrogens with one attached hydrogen (secondary N) is 1. The quantitative estimate of drug-likeness (QED) is 0.893. The molecule has 2 aromatic carbocycles. The van der Waals surface area contributed by atoms with Crippen LogP contribution in [0.25, 0.3) is 0 Å². The lowest BCUT2D eigenvalue weighted by Crippen LogP contribution is -2.23. The fourth-order valence-electron chi connectivity index (χ4n) is 2.40. The van der Waals surface area contributed by atoms with Gasteiger partial charge in [-0.15, -0.1) is 0 Å². The average molecular weight is 273 g/mol. The topological polar surface area (TPSA) is 21.3 Å². The van der Waals surface area contributed by atoms with E-state index in [2.05, 4.69) is 5.32 Å². The fraction of sp³-hybridized carbons (Fsp3) is 0.294. The summed E-state index contributed by atoms with van der Waals surface area (Å²) >= 11 is 0. The second-order valence-corrected chi connectivity index (χ2v) is 4.73. The first-order chi connectivity index (χ1) is 9.67. The highest BCUT2D eigenvalue weighted by Gasteiger charge is 2.18. The Morgan fingerprint density at radius 1 is 1.15 bits per heavy atom. The van der Waals surface area contributed by atoms with Crippen LogP contribution in [0.3, 0.4) is 0 Å². The van der Waals surface area contributed by atoms with Crippen LogP contribution in [-0.4, -0.2) is 13.7 Å². The maximum atomic E-state index is 14.1. The summed E-state index contributed by atoms with van der Waals surface area (Å²) in [4.78, 5) is 0. The van der Waals surface area contributed by atoms with E-state index in [-0.39, 0.29) is 11.9 Å². The van der Waals surface area contributed by atoms with Crippen molar-refractivity contribution >= 4 is 0 Å². The van der Waals surface area contributed by atoms with Crippen molar-refractivity contribution in [2.75, 3.05) is 13.7 Å². The Morgan fingerprint density at radius 3 is 2.50 bits per heavy atom. The Bertz CT molecular complexity index is 583. The molecule has 0 spiro atoms. The van der Waals surface area contributed by atoms with Gasteiger partial charge >= 0.3 is 0 Å². The first kappa shape index (κ1) is 14.5. The minimum atomic E-state index is -0.186. The van der Waals surface area contributed by atoms with Gasteiger partial charge in [0.2, 0.25) is 0 Å². The van der Waals surface area contributed by atoms with Crippen molar-refractivity contribution < 1.29 is 9.13 Å². The molecule has 20 heavy (non-hydrogen) atoms. The van der Waals surface area contributed by atoms with Crippen LogP contribution in [0.4, 0.5) is 4.39 Å². The van der Waals surface area contributed by atoms with Crippen LogP contribution in [0.15, 0.2) is 42.5 Å². The van der Waals surface area contributed by atoms with Crippen molar-refractivity contribution in [1.29, 1.82) is 0 Å². The van der Waals surface area contributed by atoms with Gasteiger partial charge < -0.3 is 10.1 Å². The second kappa shape index (κ2) is 6.53. The van der Waals surface area contributed by atoms with Crippen LogP contribution in [0.5, 0.6) is 5.75 Å². The minimum absolute atomic E-state index is 0.146. The number of rotatable bonds is 5. The van der Waals surface area contributed by atoms with E-state index in [4.69, 9.17) is 4.74 Å². The minimum Gasteiger partial charge on any atom is -0.497 e. The highest BCUT2D eigenvalue weighted by molar-refractivity contribution is 5.41. The molecule has 0 aliphatic rings. The molecule has 2 aromatic rings. The summed E-state index contributed by atoms with van der Waals surface area (Å²) in [5, 5.41) is 3.35. The summed E-state index contributed by atoms with van der Waals surface area (Å²) in [6.07, 6.45) is 0. The van der Waals surface area contributed by atoms with Crippen molar-refractivity contribution in [3.8, 4) is 5.75 Å². The van der Waals surface area contributed by atoms with Gasteiger partial charge in [0, 0.05) is 5.56 Å². The zero-order valence-electron chi connectivity index (χ0n) is 12.1. The molecule has 0 amide bonds. The number of halogens is 1. The standard InChI is InChI=1S/C17H20FNO/c1-4-19-17(15-7-5-6-8-16(15)18)14-10-9-13(20-3)11-12(14)2/h5-11,17,19H,4H2,1-3H3. The van der Waals surface area contributed by atoms with Crippen molar-refractivity contribution in [2.45, 2.75) is 19.9 Å². The summed E-state index contributed by atoms with van der Waals surface area (Å²) in [5.74, 6) is 0.628. The van der Waals surface area contributed by atoms with Crippen LogP contribution >= 0.6 is 0 Å². The third-order valence-corrected chi connectivity index (χ3v) is 3.41. The number of aryl methyl sites for hydroxylation is 1. The SMILES string of the molecule is CCNC(c1ccc(OC)cc1C)c1ccccc1F. The fourth-order valence-corrected chi connectivity index (χ4v) is 2.40. The number of hydrogen-bond acceptors (Lipinski definition) is 2. The Kier molecular flexibility index (Phi) is 4.74. The van der Waals surface area contributed by atoms with Crippen molar-refractivity contribution in [3.05, 3.63) is 65.0 Å². The van der Waals surface area contributed by atoms with Gasteiger partial charge in [0.1, 0.15) is 11.6 Å². The van der Waals surface area contributed by atoms with Crippen LogP contribution in [-0.2, 0) is 0 Å². The van der Waals surface area contributed by atoms with E-state index in [0.717, 1.165) is 23.4 Å². The molecule has 0 saturated heterocycles. The van der Waals surface area contributed by atoms with E-state index in [9.17, 15) is 4.39 Å². The average Bonchev–Trinajstić information content (AvgIpc) is 2.46. The van der Waals surface area contributed by atoms with Crippen LogP contribution in [0.1, 0.15) is 29.7 Å². The van der Waals surface area contributed by atoms with Gasteiger partial charge in [0.15, 0.2) is 0 Å². The molecule has 0 aromatic heterocycles. The summed E-state index contributed by atoms with van der Waals surface area (Å²) < 4.78 is 19.3. The highest BCUT2D eigenvalue weighted by atomic mass is 19.1. The Labute approximate surface area is 119 Å². The van der Waals surface area contributed by atoms with Crippen LogP contribution in [0, 0.1) is 12.7 Å². The van der Waals surface area contributed by atoms with E-state index in [1.165, 1.54) is 6.07 Å². The number of ether oxygens (including phenoxy) is 1. The molecule has 0 heterocycles. The van der Waals surface area contributed by atoms with E-state index in [1.807, 2.05) is 44.2 Å². The first-order valence-electron chi connectivity index (χ1n) is 6.79. The Balaban J connectivity index is 2.46. The Morgan fingerprint density at radius 2 is 1.90 bits per heavy atom. The van der Waals surface area contributed by atoms with Gasteiger partial charge in [-0.2, -0.15) is 0 Å². The monoisotopic (exact) mass is 273 g/mol. The lowest BCUT2D eigenvalue weighted by Gasteiger charge is -2.22. The maximum absolute atomic E-state index is 14.1. The number of benzene rings is 2. The molecule has 0 aliphatic heterocycles. The Hall–Kier alpha value is -1.87. The van der Waals surface area contributed by atoms with E-state index in [1.54, 1.807) is 13.2 Å². The lowest BCUT2D eigenvalue weighted by atomic mass is 9.94. The van der Waals surface area contributed by atoms with Gasteiger partial charge in [-0.05, 0) is 42.8 Å². The van der Waals surface area contributed by atoms with E-state index in [0.29, 0.717) is 5.56 Å². The predicted octanol–water partition coefficient (Wildman–Crippen LogP) is 3.84. The van der Waals surface area contributed by atoms with Gasteiger partial charge in [0.05, 0.1) is 13.2 Å². The molecular weight excluding hydrogens is 253 g/mol. The van der Waals surface area contributed by atoms with Crippen molar-refractivity contribution in [3.63, 3.8) is 0 Å². The van der Waals surface area contributed by atoms with Crippen molar-refractivity contribution in [1.82, 2.24) is 5.32 Å². The summed E-state index contributed by atoms with van der Waals surface area (Å²) in [6.45, 7) is 4.81. The normalized spacial score (nSPS) is 12.2. The maximum Gasteiger partial charge on any atom is 0.128 e. The summed E-state index contributed by atoms with van der Waals surface area (Å²) in [6, 6.07) is 12.6. The second-order valence-electron chi connectivity index (χ2n) is 4.73. The van der Waals surface area contributed by atoms with E-state index >= 15 is 0 Å². The zero-order chi connectivity index (χ0) is 14.5. The molecule has 0 fully saturated rings. The third-order valence-electron chi connectivity index (χ3n) is 3.41. The molecule has 0 radical (unpaired) electrons. The first-order valence-corrected chi connectivity index (χ1v) is 6.79. The molecule has 1 unspecified atom stereocenters. The van der Waals surface area contributed by atoms with E-state index < -0.39 is 0 Å². The van der Waals surface area contributed by atoms with Gasteiger partial charge in [-0.3, -0.25) is 0 Å². The van der Waals surface area contributed by atoms with Crippen molar-refractivity contribution in [2.24, 2.45) is 0 Å². The molecule has 1 atom stereocenters. The number of hydrogen-bond donors (Lipinski definition) is 1. The predicted molar refractivity (Wildman–Crippen MR) is 79.7 cm³/mol. The van der Waals surface area contributed by atoms with Gasteiger partial charge in [-0.1, -0.05) is 31.2 Å². The smallest absolute Gasteiger partial charge is 0.128 e. The highest BCUT2D eigenvalue weighted by Crippen LogP contribution is 2.28. The van der Waals surface area contributed by atoms with Gasteiger partial charge in [0.25, 0.3) is 0 Å². The van der Waals surface area contributed by atoms with Crippen LogP contribution < -0.4 is 10.1 Å². The summed E-state index contributed by atoms with van der Waals surface area (Å²) in [5.41, 5.74) is 2.82. The number of methoxy groups -OCH3 is 1. The third kappa shape index (κ3) is 2.99. The molecule has 106 valence electrons. The van der Waals surface area contributed by atoms with Crippen LogP contribution in [0.2, 0.25) is 0 Å². The zero-order valence-corrected chi connectivity index (χ0v) is 12.1. The molecule has 2 rings (SSSR count). The molecule has 3 heteroatoms. The van der Waals surface area contributed by atoms with Gasteiger partial charge in [-0.25, -0.2) is 4.39 Å². The lowest BCUT2D eigenvalue weighted by molar-refractivity contribution is 0.414. The molecular formula is C17H20FNO. The largest absolute Gasteiger partial charge is 0.497 e. The molecule has 0 saturated carbocycles. The molecule has 0 bridgehead atoms. The molecule has 1 N–H and O–H groups in total. The summed E-state index contributed by atoms with van der Waals surface area (Å²) in [7, 11) is 1.65. The molecule has 2 nitrogen and oxygen atoms in total.